The van der Waals surface area contributed by atoms with E-state index in [1.807, 2.05) is 20.9 Å². The van der Waals surface area contributed by atoms with Gasteiger partial charge < -0.3 is 5.11 Å². The number of nitrogens with zero attached hydrogens (tertiary/aromatic N) is 2. The summed E-state index contributed by atoms with van der Waals surface area (Å²) in [7, 11) is 1.86. The van der Waals surface area contributed by atoms with Gasteiger partial charge >= 0.3 is 5.97 Å². The first-order valence-electron chi connectivity index (χ1n) is 4.83. The van der Waals surface area contributed by atoms with Gasteiger partial charge in [0.15, 0.2) is 0 Å². The summed E-state index contributed by atoms with van der Waals surface area (Å²) in [5.41, 5.74) is 3.00. The van der Waals surface area contributed by atoms with Crippen LogP contribution >= 0.6 is 11.3 Å². The first kappa shape index (κ1) is 10.9. The lowest BCUT2D eigenvalue weighted by atomic mass is 10.1. The van der Waals surface area contributed by atoms with Crippen LogP contribution in [0.4, 0.5) is 0 Å². The largest absolute Gasteiger partial charge is 0.477 e. The summed E-state index contributed by atoms with van der Waals surface area (Å²) >= 11 is 1.30. The minimum absolute atomic E-state index is 0.369. The number of carboxylic acid groups (broad SMARTS) is 1. The molecule has 5 heteroatoms. The van der Waals surface area contributed by atoms with E-state index in [2.05, 4.69) is 5.10 Å². The molecule has 0 aliphatic carbocycles. The van der Waals surface area contributed by atoms with Crippen molar-refractivity contribution >= 4 is 17.3 Å². The van der Waals surface area contributed by atoms with Crippen LogP contribution in [0.1, 0.15) is 20.1 Å². The zero-order chi connectivity index (χ0) is 11.9. The van der Waals surface area contributed by atoms with E-state index in [0.717, 1.165) is 21.7 Å². The number of hydrogen-bond donors (Lipinski definition) is 1. The molecule has 1 N–H and O–H groups in total. The zero-order valence-corrected chi connectivity index (χ0v) is 10.1. The van der Waals surface area contributed by atoms with Gasteiger partial charge in [0.05, 0.1) is 11.9 Å². The summed E-state index contributed by atoms with van der Waals surface area (Å²) in [5, 5.41) is 13.1. The van der Waals surface area contributed by atoms with Gasteiger partial charge in [0.1, 0.15) is 4.88 Å². The lowest BCUT2D eigenvalue weighted by Crippen LogP contribution is -1.94. The number of hydrogen-bond acceptors (Lipinski definition) is 3. The quantitative estimate of drug-likeness (QED) is 0.871. The smallest absolute Gasteiger partial charge is 0.345 e. The Hall–Kier alpha value is -1.62. The molecule has 0 spiro atoms. The number of carboxylic acids is 1. The second kappa shape index (κ2) is 3.75. The fraction of sp³-hybridized carbons (Fsp3) is 0.273. The van der Waals surface area contributed by atoms with Crippen LogP contribution in [0.15, 0.2) is 12.3 Å². The highest BCUT2D eigenvalue weighted by molar-refractivity contribution is 7.14. The molecule has 0 bridgehead atoms. The molecule has 84 valence electrons. The number of carbonyl (C=O) groups is 1. The fourth-order valence-corrected chi connectivity index (χ4v) is 2.62. The molecule has 0 amide bonds. The highest BCUT2D eigenvalue weighted by Gasteiger charge is 2.16. The predicted molar refractivity (Wildman–Crippen MR) is 63.0 cm³/mol. The van der Waals surface area contributed by atoms with Crippen LogP contribution in [0, 0.1) is 13.8 Å². The lowest BCUT2D eigenvalue weighted by molar-refractivity contribution is 0.0702. The van der Waals surface area contributed by atoms with Crippen molar-refractivity contribution < 1.29 is 9.90 Å². The molecule has 0 aliphatic heterocycles. The standard InChI is InChI=1S/C11H12N2O2S/c1-6-5-12-13(3)10(6)8-4-9(11(14)15)16-7(8)2/h4-5H,1-3H3,(H,14,15). The third kappa shape index (κ3) is 1.63. The molecule has 2 rings (SSSR count). The molecule has 0 fully saturated rings. The van der Waals surface area contributed by atoms with E-state index in [0.29, 0.717) is 4.88 Å². The third-order valence-electron chi connectivity index (χ3n) is 2.51. The van der Waals surface area contributed by atoms with E-state index >= 15 is 0 Å². The monoisotopic (exact) mass is 236 g/mol. The van der Waals surface area contributed by atoms with Gasteiger partial charge in [0.2, 0.25) is 0 Å². The molecule has 0 saturated carbocycles. The van der Waals surface area contributed by atoms with Crippen molar-refractivity contribution in [3.05, 3.63) is 27.6 Å². The molecule has 0 unspecified atom stereocenters. The first-order chi connectivity index (χ1) is 7.50. The molecule has 0 aliphatic rings. The van der Waals surface area contributed by atoms with E-state index in [1.165, 1.54) is 11.3 Å². The summed E-state index contributed by atoms with van der Waals surface area (Å²) in [6.07, 6.45) is 1.78. The maximum Gasteiger partial charge on any atom is 0.345 e. The zero-order valence-electron chi connectivity index (χ0n) is 9.31. The van der Waals surface area contributed by atoms with E-state index < -0.39 is 5.97 Å². The van der Waals surface area contributed by atoms with Crippen molar-refractivity contribution in [3.8, 4) is 11.3 Å². The molecular weight excluding hydrogens is 224 g/mol. The minimum atomic E-state index is -0.876. The Morgan fingerprint density at radius 1 is 1.50 bits per heavy atom. The Morgan fingerprint density at radius 2 is 2.19 bits per heavy atom. The van der Waals surface area contributed by atoms with Gasteiger partial charge in [-0.2, -0.15) is 5.10 Å². The Bertz CT molecular complexity index is 535. The Kier molecular flexibility index (Phi) is 2.55. The summed E-state index contributed by atoms with van der Waals surface area (Å²) in [6.45, 7) is 3.90. The molecular formula is C11H12N2O2S. The van der Waals surface area contributed by atoms with E-state index in [9.17, 15) is 4.79 Å². The van der Waals surface area contributed by atoms with Crippen LogP contribution in [0.2, 0.25) is 0 Å². The van der Waals surface area contributed by atoms with Crippen LogP contribution < -0.4 is 0 Å². The predicted octanol–water partition coefficient (Wildman–Crippen LogP) is 2.46. The van der Waals surface area contributed by atoms with Gasteiger partial charge in [-0.1, -0.05) is 0 Å². The summed E-state index contributed by atoms with van der Waals surface area (Å²) in [5.74, 6) is -0.876. The average Bonchev–Trinajstić information content (AvgIpc) is 2.71. The molecule has 0 saturated heterocycles. The number of aromatic nitrogens is 2. The maximum atomic E-state index is 10.9. The summed E-state index contributed by atoms with van der Waals surface area (Å²) in [6, 6.07) is 1.71. The van der Waals surface area contributed by atoms with Crippen molar-refractivity contribution in [1.29, 1.82) is 0 Å². The van der Waals surface area contributed by atoms with Crippen molar-refractivity contribution in [3.63, 3.8) is 0 Å². The lowest BCUT2D eigenvalue weighted by Gasteiger charge is -2.02. The van der Waals surface area contributed by atoms with Crippen molar-refractivity contribution in [2.45, 2.75) is 13.8 Å². The van der Waals surface area contributed by atoms with Gasteiger partial charge in [-0.05, 0) is 25.5 Å². The third-order valence-corrected chi connectivity index (χ3v) is 3.54. The van der Waals surface area contributed by atoms with Crippen LogP contribution in [0.3, 0.4) is 0 Å². The van der Waals surface area contributed by atoms with Crippen LogP contribution in [-0.4, -0.2) is 20.9 Å². The van der Waals surface area contributed by atoms with E-state index in [1.54, 1.807) is 16.9 Å². The number of rotatable bonds is 2. The van der Waals surface area contributed by atoms with E-state index in [4.69, 9.17) is 5.11 Å². The van der Waals surface area contributed by atoms with E-state index in [-0.39, 0.29) is 0 Å². The van der Waals surface area contributed by atoms with Crippen LogP contribution in [-0.2, 0) is 7.05 Å². The summed E-state index contributed by atoms with van der Waals surface area (Å²) in [4.78, 5) is 12.3. The molecule has 0 aromatic carbocycles. The average molecular weight is 236 g/mol. The number of aryl methyl sites for hydroxylation is 3. The second-order valence-electron chi connectivity index (χ2n) is 3.69. The normalized spacial score (nSPS) is 10.7. The fourth-order valence-electron chi connectivity index (χ4n) is 1.76. The van der Waals surface area contributed by atoms with Crippen molar-refractivity contribution in [1.82, 2.24) is 9.78 Å². The van der Waals surface area contributed by atoms with Gasteiger partial charge in [-0.15, -0.1) is 11.3 Å². The van der Waals surface area contributed by atoms with Gasteiger partial charge in [0, 0.05) is 17.5 Å². The van der Waals surface area contributed by atoms with Gasteiger partial charge in [0.25, 0.3) is 0 Å². The van der Waals surface area contributed by atoms with Crippen molar-refractivity contribution in [2.24, 2.45) is 7.05 Å². The molecule has 0 atom stereocenters. The topological polar surface area (TPSA) is 55.1 Å². The first-order valence-corrected chi connectivity index (χ1v) is 5.65. The maximum absolute atomic E-state index is 10.9. The van der Waals surface area contributed by atoms with Crippen molar-refractivity contribution in [2.75, 3.05) is 0 Å². The van der Waals surface area contributed by atoms with Gasteiger partial charge in [-0.25, -0.2) is 4.79 Å². The second-order valence-corrected chi connectivity index (χ2v) is 4.94. The van der Waals surface area contributed by atoms with Crippen LogP contribution in [0.25, 0.3) is 11.3 Å². The number of aromatic carboxylic acids is 1. The molecule has 16 heavy (non-hydrogen) atoms. The Balaban J connectivity index is 2.61. The molecule has 0 radical (unpaired) electrons. The highest BCUT2D eigenvalue weighted by Crippen LogP contribution is 2.32. The molecule has 2 aromatic heterocycles. The molecule has 4 nitrogen and oxygen atoms in total. The minimum Gasteiger partial charge on any atom is -0.477 e. The van der Waals surface area contributed by atoms with Crippen LogP contribution in [0.5, 0.6) is 0 Å². The van der Waals surface area contributed by atoms with Gasteiger partial charge in [-0.3, -0.25) is 4.68 Å². The summed E-state index contributed by atoms with van der Waals surface area (Å²) < 4.78 is 1.77. The number of thiophene rings is 1. The molecule has 2 aromatic rings. The molecule has 2 heterocycles. The SMILES string of the molecule is Cc1cnn(C)c1-c1cc(C(=O)O)sc1C. The highest BCUT2D eigenvalue weighted by atomic mass is 32.1. The Morgan fingerprint density at radius 3 is 2.62 bits per heavy atom. The Labute approximate surface area is 97.2 Å².